The number of rotatable bonds is 2. The smallest absolute Gasteiger partial charge is 0.215 e. The van der Waals surface area contributed by atoms with E-state index in [4.69, 9.17) is 0 Å². The lowest BCUT2D eigenvalue weighted by atomic mass is 10.2. The van der Waals surface area contributed by atoms with Gasteiger partial charge in [-0.3, -0.25) is 4.79 Å². The fourth-order valence-electron chi connectivity index (χ4n) is 0.716. The highest BCUT2D eigenvalue weighted by molar-refractivity contribution is 8.14. The second kappa shape index (κ2) is 2.87. The van der Waals surface area contributed by atoms with E-state index in [1.54, 1.807) is 6.08 Å². The van der Waals surface area contributed by atoms with Crippen molar-refractivity contribution < 1.29 is 4.79 Å². The van der Waals surface area contributed by atoms with Gasteiger partial charge < -0.3 is 0 Å². The van der Waals surface area contributed by atoms with Gasteiger partial charge in [0, 0.05) is 11.3 Å². The van der Waals surface area contributed by atoms with Crippen LogP contribution in [-0.4, -0.2) is 10.9 Å². The van der Waals surface area contributed by atoms with E-state index in [1.165, 1.54) is 11.8 Å². The van der Waals surface area contributed by atoms with Crippen molar-refractivity contribution in [2.45, 2.75) is 6.42 Å². The van der Waals surface area contributed by atoms with E-state index in [0.717, 1.165) is 17.7 Å². The zero-order valence-electron chi connectivity index (χ0n) is 5.09. The number of hydrogen-bond donors (Lipinski definition) is 0. The Morgan fingerprint density at radius 1 is 1.89 bits per heavy atom. The molecule has 2 heteroatoms. The van der Waals surface area contributed by atoms with Gasteiger partial charge in [0.2, 0.25) is 5.12 Å². The minimum atomic E-state index is 0.218. The Morgan fingerprint density at radius 2 is 2.67 bits per heavy atom. The highest BCUT2D eigenvalue weighted by Crippen LogP contribution is 2.21. The van der Waals surface area contributed by atoms with Gasteiger partial charge in [-0.25, -0.2) is 0 Å². The summed E-state index contributed by atoms with van der Waals surface area (Å²) in [6, 6.07) is 0. The second-order valence-corrected chi connectivity index (χ2v) is 2.81. The van der Waals surface area contributed by atoms with Crippen LogP contribution < -0.4 is 0 Å². The molecule has 0 fully saturated rings. The zero-order valence-corrected chi connectivity index (χ0v) is 5.91. The summed E-state index contributed by atoms with van der Waals surface area (Å²) in [5.74, 6) is 0.849. The summed E-state index contributed by atoms with van der Waals surface area (Å²) in [6.45, 7) is 3.56. The Hall–Kier alpha value is -0.500. The van der Waals surface area contributed by atoms with Crippen molar-refractivity contribution >= 4 is 16.9 Å². The van der Waals surface area contributed by atoms with Gasteiger partial charge in [-0.2, -0.15) is 0 Å². The monoisotopic (exact) mass is 140 g/mol. The van der Waals surface area contributed by atoms with Gasteiger partial charge in [0.15, 0.2) is 0 Å². The SMILES string of the molecule is C=CCC1=CCSC1=O. The van der Waals surface area contributed by atoms with Crippen molar-refractivity contribution in [2.75, 3.05) is 5.75 Å². The summed E-state index contributed by atoms with van der Waals surface area (Å²) < 4.78 is 0. The molecule has 0 spiro atoms. The van der Waals surface area contributed by atoms with E-state index >= 15 is 0 Å². The predicted octanol–water partition coefficient (Wildman–Crippen LogP) is 1.76. The van der Waals surface area contributed by atoms with Crippen molar-refractivity contribution in [3.05, 3.63) is 24.3 Å². The molecule has 1 aliphatic rings. The summed E-state index contributed by atoms with van der Waals surface area (Å²) in [5.41, 5.74) is 0.912. The van der Waals surface area contributed by atoms with Crippen LogP contribution in [0.15, 0.2) is 24.3 Å². The van der Waals surface area contributed by atoms with E-state index in [0.29, 0.717) is 0 Å². The van der Waals surface area contributed by atoms with Crippen LogP contribution in [0, 0.1) is 0 Å². The maximum absolute atomic E-state index is 10.8. The van der Waals surface area contributed by atoms with E-state index in [2.05, 4.69) is 6.58 Å². The van der Waals surface area contributed by atoms with Gasteiger partial charge in [0.1, 0.15) is 0 Å². The maximum Gasteiger partial charge on any atom is 0.215 e. The molecule has 0 saturated heterocycles. The predicted molar refractivity (Wildman–Crippen MR) is 40.4 cm³/mol. The Morgan fingerprint density at radius 3 is 3.11 bits per heavy atom. The average molecular weight is 140 g/mol. The lowest BCUT2D eigenvalue weighted by molar-refractivity contribution is -0.107. The summed E-state index contributed by atoms with van der Waals surface area (Å²) in [4.78, 5) is 10.8. The van der Waals surface area contributed by atoms with Gasteiger partial charge in [-0.15, -0.1) is 6.58 Å². The molecular weight excluding hydrogens is 132 g/mol. The van der Waals surface area contributed by atoms with Gasteiger partial charge >= 0.3 is 0 Å². The highest BCUT2D eigenvalue weighted by atomic mass is 32.2. The van der Waals surface area contributed by atoms with Crippen LogP contribution in [0.3, 0.4) is 0 Å². The quantitative estimate of drug-likeness (QED) is 0.544. The minimum Gasteiger partial charge on any atom is -0.282 e. The summed E-state index contributed by atoms with van der Waals surface area (Å²) >= 11 is 1.37. The van der Waals surface area contributed by atoms with E-state index in [9.17, 15) is 4.79 Å². The summed E-state index contributed by atoms with van der Waals surface area (Å²) in [5, 5.41) is 0.218. The van der Waals surface area contributed by atoms with Crippen molar-refractivity contribution in [3.8, 4) is 0 Å². The molecule has 0 saturated carbocycles. The Kier molecular flexibility index (Phi) is 2.11. The molecule has 0 N–H and O–H groups in total. The first-order valence-corrected chi connectivity index (χ1v) is 3.80. The highest BCUT2D eigenvalue weighted by Gasteiger charge is 2.12. The van der Waals surface area contributed by atoms with Crippen LogP contribution in [-0.2, 0) is 4.79 Å². The molecule has 1 rings (SSSR count). The van der Waals surface area contributed by atoms with Crippen LogP contribution in [0.25, 0.3) is 0 Å². The van der Waals surface area contributed by atoms with Crippen molar-refractivity contribution in [1.29, 1.82) is 0 Å². The standard InChI is InChI=1S/C7H8OS/c1-2-3-6-4-5-9-7(6)8/h2,4H,1,3,5H2. The molecule has 0 amide bonds. The number of hydrogen-bond acceptors (Lipinski definition) is 2. The number of carbonyl (C=O) groups is 1. The Balaban J connectivity index is 2.57. The largest absolute Gasteiger partial charge is 0.282 e. The summed E-state index contributed by atoms with van der Waals surface area (Å²) in [7, 11) is 0. The molecule has 0 aliphatic carbocycles. The van der Waals surface area contributed by atoms with Gasteiger partial charge in [-0.05, 0) is 6.42 Å². The molecule has 0 atom stereocenters. The molecule has 1 heterocycles. The molecule has 0 unspecified atom stereocenters. The van der Waals surface area contributed by atoms with Crippen LogP contribution in [0.2, 0.25) is 0 Å². The molecule has 0 radical (unpaired) electrons. The van der Waals surface area contributed by atoms with Crippen molar-refractivity contribution in [2.24, 2.45) is 0 Å². The first kappa shape index (κ1) is 6.62. The lowest BCUT2D eigenvalue weighted by Crippen LogP contribution is -1.88. The molecule has 0 aromatic carbocycles. The van der Waals surface area contributed by atoms with Crippen LogP contribution in [0.1, 0.15) is 6.42 Å². The van der Waals surface area contributed by atoms with Crippen molar-refractivity contribution in [1.82, 2.24) is 0 Å². The Bertz CT molecular complexity index is 170. The van der Waals surface area contributed by atoms with Gasteiger partial charge in [-0.1, -0.05) is 23.9 Å². The fraction of sp³-hybridized carbons (Fsp3) is 0.286. The number of allylic oxidation sites excluding steroid dienone is 1. The summed E-state index contributed by atoms with van der Waals surface area (Å²) in [6.07, 6.45) is 4.45. The topological polar surface area (TPSA) is 17.1 Å². The first-order valence-electron chi connectivity index (χ1n) is 2.81. The van der Waals surface area contributed by atoms with E-state index < -0.39 is 0 Å². The van der Waals surface area contributed by atoms with Gasteiger partial charge in [0.05, 0.1) is 0 Å². The normalized spacial score (nSPS) is 17.8. The molecular formula is C7H8OS. The molecule has 1 nitrogen and oxygen atoms in total. The molecule has 9 heavy (non-hydrogen) atoms. The molecule has 0 bridgehead atoms. The molecule has 0 aromatic rings. The van der Waals surface area contributed by atoms with Crippen molar-refractivity contribution in [3.63, 3.8) is 0 Å². The van der Waals surface area contributed by atoms with Crippen LogP contribution in [0.4, 0.5) is 0 Å². The molecule has 48 valence electrons. The minimum absolute atomic E-state index is 0.218. The second-order valence-electron chi connectivity index (χ2n) is 1.82. The third-order valence-electron chi connectivity index (χ3n) is 1.17. The third-order valence-corrected chi connectivity index (χ3v) is 2.03. The van der Waals surface area contributed by atoms with E-state index in [1.807, 2.05) is 6.08 Å². The van der Waals surface area contributed by atoms with Crippen LogP contribution in [0.5, 0.6) is 0 Å². The zero-order chi connectivity index (χ0) is 6.69. The third kappa shape index (κ3) is 1.45. The van der Waals surface area contributed by atoms with E-state index in [-0.39, 0.29) is 5.12 Å². The fourth-order valence-corrected chi connectivity index (χ4v) is 1.50. The van der Waals surface area contributed by atoms with Crippen LogP contribution >= 0.6 is 11.8 Å². The molecule has 0 aromatic heterocycles. The lowest BCUT2D eigenvalue weighted by Gasteiger charge is -1.89. The van der Waals surface area contributed by atoms with Gasteiger partial charge in [0.25, 0.3) is 0 Å². The molecule has 1 aliphatic heterocycles. The number of thioether (sulfide) groups is 1. The first-order chi connectivity index (χ1) is 4.34. The number of carbonyl (C=O) groups excluding carboxylic acids is 1. The maximum atomic E-state index is 10.8. The Labute approximate surface area is 58.8 Å². The average Bonchev–Trinajstić information content (AvgIpc) is 2.18.